The lowest BCUT2D eigenvalue weighted by molar-refractivity contribution is 0.453. The summed E-state index contributed by atoms with van der Waals surface area (Å²) in [6, 6.07) is 6.98. The molecule has 68 valence electrons. The van der Waals surface area contributed by atoms with Crippen LogP contribution in [0.3, 0.4) is 0 Å². The molecule has 3 heteroatoms. The van der Waals surface area contributed by atoms with Crippen LogP contribution in [0.5, 0.6) is 5.75 Å². The van der Waals surface area contributed by atoms with Crippen LogP contribution in [0.25, 0.3) is 0 Å². The molecule has 0 amide bonds. The Hall–Kier alpha value is -1.53. The van der Waals surface area contributed by atoms with Crippen molar-refractivity contribution in [1.82, 2.24) is 0 Å². The predicted octanol–water partition coefficient (Wildman–Crippen LogP) is 1.40. The number of nitrogens with two attached hydrogens (primary N) is 1. The van der Waals surface area contributed by atoms with Gasteiger partial charge in [-0.25, -0.2) is 0 Å². The highest BCUT2D eigenvalue weighted by Gasteiger charge is 2.23. The van der Waals surface area contributed by atoms with Crippen molar-refractivity contribution in [3.8, 4) is 11.8 Å². The number of hydrogen-bond acceptors (Lipinski definition) is 3. The van der Waals surface area contributed by atoms with Gasteiger partial charge in [-0.3, -0.25) is 0 Å². The average Bonchev–Trinajstić information content (AvgIpc) is 2.09. The molecule has 0 spiro atoms. The zero-order valence-electron chi connectivity index (χ0n) is 7.70. The van der Waals surface area contributed by atoms with Crippen molar-refractivity contribution < 1.29 is 5.11 Å². The Morgan fingerprint density at radius 1 is 1.54 bits per heavy atom. The van der Waals surface area contributed by atoms with Crippen molar-refractivity contribution in [3.05, 3.63) is 29.3 Å². The second-order valence-electron chi connectivity index (χ2n) is 3.33. The number of aryl methyl sites for hydroxylation is 1. The Labute approximate surface area is 77.4 Å². The molecule has 0 bridgehead atoms. The first-order valence-corrected chi connectivity index (χ1v) is 3.97. The van der Waals surface area contributed by atoms with Crippen LogP contribution in [0.15, 0.2) is 18.2 Å². The summed E-state index contributed by atoms with van der Waals surface area (Å²) in [4.78, 5) is 0. The maximum atomic E-state index is 9.47. The van der Waals surface area contributed by atoms with Gasteiger partial charge in [-0.1, -0.05) is 11.6 Å². The first-order valence-electron chi connectivity index (χ1n) is 3.97. The summed E-state index contributed by atoms with van der Waals surface area (Å²) >= 11 is 0. The quantitative estimate of drug-likeness (QED) is 0.679. The van der Waals surface area contributed by atoms with E-state index in [9.17, 15) is 5.11 Å². The summed E-state index contributed by atoms with van der Waals surface area (Å²) in [5.74, 6) is 0.0668. The van der Waals surface area contributed by atoms with Gasteiger partial charge in [0.2, 0.25) is 0 Å². The molecule has 1 atom stereocenters. The van der Waals surface area contributed by atoms with E-state index in [-0.39, 0.29) is 5.75 Å². The summed E-state index contributed by atoms with van der Waals surface area (Å²) < 4.78 is 0. The highest BCUT2D eigenvalue weighted by Crippen LogP contribution is 2.27. The van der Waals surface area contributed by atoms with Crippen LogP contribution in [-0.4, -0.2) is 5.11 Å². The molecule has 0 fully saturated rings. The summed E-state index contributed by atoms with van der Waals surface area (Å²) in [5, 5.41) is 18.2. The highest BCUT2D eigenvalue weighted by atomic mass is 16.3. The molecule has 0 aliphatic heterocycles. The van der Waals surface area contributed by atoms with Crippen LogP contribution in [0, 0.1) is 18.3 Å². The molecule has 1 rings (SSSR count). The maximum absolute atomic E-state index is 9.47. The molecule has 3 nitrogen and oxygen atoms in total. The van der Waals surface area contributed by atoms with E-state index < -0.39 is 5.54 Å². The van der Waals surface area contributed by atoms with Crippen LogP contribution >= 0.6 is 0 Å². The number of rotatable bonds is 1. The van der Waals surface area contributed by atoms with Gasteiger partial charge >= 0.3 is 0 Å². The topological polar surface area (TPSA) is 70.0 Å². The van der Waals surface area contributed by atoms with Gasteiger partial charge in [0.05, 0.1) is 6.07 Å². The molecule has 1 aromatic rings. The molecule has 0 saturated heterocycles. The third-order valence-corrected chi connectivity index (χ3v) is 1.94. The van der Waals surface area contributed by atoms with E-state index in [1.807, 2.05) is 13.0 Å². The van der Waals surface area contributed by atoms with Gasteiger partial charge < -0.3 is 10.8 Å². The highest BCUT2D eigenvalue weighted by molar-refractivity contribution is 5.43. The monoisotopic (exact) mass is 176 g/mol. The fraction of sp³-hybridized carbons (Fsp3) is 0.300. The molecular formula is C10H12N2O. The largest absolute Gasteiger partial charge is 0.508 e. The Morgan fingerprint density at radius 3 is 2.69 bits per heavy atom. The van der Waals surface area contributed by atoms with Crippen molar-refractivity contribution in [2.45, 2.75) is 19.4 Å². The van der Waals surface area contributed by atoms with Gasteiger partial charge in [0.25, 0.3) is 0 Å². The minimum Gasteiger partial charge on any atom is -0.508 e. The number of nitrogens with zero attached hydrogens (tertiary/aromatic N) is 1. The second kappa shape index (κ2) is 3.08. The fourth-order valence-corrected chi connectivity index (χ4v) is 1.13. The van der Waals surface area contributed by atoms with Gasteiger partial charge in [0.1, 0.15) is 11.3 Å². The van der Waals surface area contributed by atoms with E-state index in [1.165, 1.54) is 0 Å². The standard InChI is InChI=1S/C10H12N2O/c1-7-3-4-9(13)8(5-7)10(2,12)6-11/h3-5,13H,12H2,1-2H3. The van der Waals surface area contributed by atoms with Crippen LogP contribution in [0.2, 0.25) is 0 Å². The SMILES string of the molecule is Cc1ccc(O)c(C(C)(N)C#N)c1. The molecule has 0 aliphatic carbocycles. The van der Waals surface area contributed by atoms with Crippen molar-refractivity contribution in [1.29, 1.82) is 5.26 Å². The number of hydrogen-bond donors (Lipinski definition) is 2. The number of aromatic hydroxyl groups is 1. The molecule has 1 unspecified atom stereocenters. The molecular weight excluding hydrogens is 164 g/mol. The van der Waals surface area contributed by atoms with E-state index in [0.717, 1.165) is 5.56 Å². The summed E-state index contributed by atoms with van der Waals surface area (Å²) in [6.45, 7) is 3.46. The second-order valence-corrected chi connectivity index (χ2v) is 3.33. The van der Waals surface area contributed by atoms with Crippen LogP contribution < -0.4 is 5.73 Å². The molecule has 3 N–H and O–H groups in total. The molecule has 1 aromatic carbocycles. The molecule has 0 heterocycles. The van der Waals surface area contributed by atoms with Gasteiger partial charge in [-0.2, -0.15) is 5.26 Å². The smallest absolute Gasteiger partial charge is 0.130 e. The van der Waals surface area contributed by atoms with E-state index in [0.29, 0.717) is 5.56 Å². The number of nitriles is 1. The molecule has 0 saturated carbocycles. The number of phenolic OH excluding ortho intramolecular Hbond substituents is 1. The van der Waals surface area contributed by atoms with Crippen molar-refractivity contribution in [2.24, 2.45) is 5.73 Å². The van der Waals surface area contributed by atoms with E-state index in [4.69, 9.17) is 11.0 Å². The predicted molar refractivity (Wildman–Crippen MR) is 50.0 cm³/mol. The van der Waals surface area contributed by atoms with E-state index in [1.54, 1.807) is 25.1 Å². The summed E-state index contributed by atoms with van der Waals surface area (Å²) in [5.41, 5.74) is 6.00. The zero-order valence-corrected chi connectivity index (χ0v) is 7.70. The Kier molecular flexibility index (Phi) is 2.26. The number of benzene rings is 1. The summed E-state index contributed by atoms with van der Waals surface area (Å²) in [7, 11) is 0. The molecule has 0 aromatic heterocycles. The Bertz CT molecular complexity index is 364. The van der Waals surface area contributed by atoms with Crippen LogP contribution in [0.1, 0.15) is 18.1 Å². The van der Waals surface area contributed by atoms with Gasteiger partial charge in [-0.05, 0) is 26.0 Å². The van der Waals surface area contributed by atoms with Crippen molar-refractivity contribution >= 4 is 0 Å². The van der Waals surface area contributed by atoms with Crippen LogP contribution in [-0.2, 0) is 5.54 Å². The van der Waals surface area contributed by atoms with Gasteiger partial charge in [0, 0.05) is 5.56 Å². The third-order valence-electron chi connectivity index (χ3n) is 1.94. The number of phenols is 1. The van der Waals surface area contributed by atoms with Crippen molar-refractivity contribution in [2.75, 3.05) is 0 Å². The fourth-order valence-electron chi connectivity index (χ4n) is 1.13. The van der Waals surface area contributed by atoms with Crippen molar-refractivity contribution in [3.63, 3.8) is 0 Å². The van der Waals surface area contributed by atoms with E-state index >= 15 is 0 Å². The minimum absolute atomic E-state index is 0.0668. The average molecular weight is 176 g/mol. The third kappa shape index (κ3) is 1.79. The molecule has 0 aliphatic rings. The Balaban J connectivity index is 3.30. The van der Waals surface area contributed by atoms with Gasteiger partial charge in [-0.15, -0.1) is 0 Å². The minimum atomic E-state index is -1.13. The lowest BCUT2D eigenvalue weighted by atomic mass is 9.93. The lowest BCUT2D eigenvalue weighted by Crippen LogP contribution is -2.30. The molecule has 0 radical (unpaired) electrons. The van der Waals surface area contributed by atoms with Gasteiger partial charge in [0.15, 0.2) is 0 Å². The molecule has 13 heavy (non-hydrogen) atoms. The first-order chi connectivity index (χ1) is 5.97. The Morgan fingerprint density at radius 2 is 2.15 bits per heavy atom. The maximum Gasteiger partial charge on any atom is 0.130 e. The summed E-state index contributed by atoms with van der Waals surface area (Å²) in [6.07, 6.45) is 0. The zero-order chi connectivity index (χ0) is 10.1. The van der Waals surface area contributed by atoms with E-state index in [2.05, 4.69) is 0 Å². The lowest BCUT2D eigenvalue weighted by Gasteiger charge is -2.17. The normalized spacial score (nSPS) is 14.6. The first kappa shape index (κ1) is 9.56. The van der Waals surface area contributed by atoms with Crippen LogP contribution in [0.4, 0.5) is 0 Å².